The number of hydrogen-bond donors (Lipinski definition) is 3. The van der Waals surface area contributed by atoms with Crippen molar-refractivity contribution in [2.75, 3.05) is 5.01 Å². The second-order valence-corrected chi connectivity index (χ2v) is 6.19. The largest absolute Gasteiger partial charge is 0.486 e. The third kappa shape index (κ3) is 4.11. The molecular weight excluding hydrogens is 359 g/mol. The van der Waals surface area contributed by atoms with Crippen LogP contribution in [0.4, 0.5) is 14.9 Å². The molecule has 0 aliphatic carbocycles. The molecule has 3 aromatic rings. The Morgan fingerprint density at radius 3 is 2.54 bits per heavy atom. The summed E-state index contributed by atoms with van der Waals surface area (Å²) in [5, 5.41) is 0.891. The number of carbonyl (C=O) groups is 1. The lowest BCUT2D eigenvalue weighted by Crippen LogP contribution is -2.48. The van der Waals surface area contributed by atoms with E-state index in [1.54, 1.807) is 24.3 Å². The van der Waals surface area contributed by atoms with Gasteiger partial charge < -0.3 is 4.74 Å². The van der Waals surface area contributed by atoms with Crippen LogP contribution < -0.4 is 26.9 Å². The first kappa shape index (κ1) is 19.3. The van der Waals surface area contributed by atoms with E-state index >= 15 is 0 Å². The molecule has 5 N–H and O–H groups in total. The maximum absolute atomic E-state index is 14.3. The fraction of sp³-hybridized carbons (Fsp3) is 0.0952. The molecule has 28 heavy (non-hydrogen) atoms. The van der Waals surface area contributed by atoms with E-state index in [1.165, 1.54) is 6.07 Å². The molecule has 0 saturated carbocycles. The minimum Gasteiger partial charge on any atom is -0.486 e. The maximum atomic E-state index is 14.3. The molecule has 0 heterocycles. The normalized spacial score (nSPS) is 10.4. The van der Waals surface area contributed by atoms with Crippen LogP contribution in [0.5, 0.6) is 5.75 Å². The average molecular weight is 380 g/mol. The predicted molar refractivity (Wildman–Crippen MR) is 107 cm³/mol. The lowest BCUT2D eigenvalue weighted by atomic mass is 10.1. The highest BCUT2D eigenvalue weighted by atomic mass is 19.1. The molecule has 0 unspecified atom stereocenters. The van der Waals surface area contributed by atoms with E-state index in [9.17, 15) is 9.18 Å². The fourth-order valence-electron chi connectivity index (χ4n) is 2.85. The van der Waals surface area contributed by atoms with Crippen LogP contribution in [0.25, 0.3) is 11.1 Å². The van der Waals surface area contributed by atoms with Crippen molar-refractivity contribution in [3.05, 3.63) is 83.7 Å². The van der Waals surface area contributed by atoms with Crippen LogP contribution in [-0.4, -0.2) is 6.03 Å². The van der Waals surface area contributed by atoms with Gasteiger partial charge in [-0.25, -0.2) is 25.9 Å². The summed E-state index contributed by atoms with van der Waals surface area (Å²) in [6.07, 6.45) is 0. The van der Waals surface area contributed by atoms with Gasteiger partial charge in [0.1, 0.15) is 6.61 Å². The first-order chi connectivity index (χ1) is 13.5. The molecule has 3 rings (SSSR count). The van der Waals surface area contributed by atoms with Gasteiger partial charge in [0.15, 0.2) is 11.6 Å². The number of nitrogens with zero attached hydrogens (tertiary/aromatic N) is 1. The van der Waals surface area contributed by atoms with Gasteiger partial charge in [-0.15, -0.1) is 0 Å². The van der Waals surface area contributed by atoms with E-state index in [0.717, 1.165) is 21.7 Å². The molecule has 0 bridgehead atoms. The zero-order chi connectivity index (χ0) is 20.1. The van der Waals surface area contributed by atoms with Crippen LogP contribution in [0.3, 0.4) is 0 Å². The van der Waals surface area contributed by atoms with Crippen LogP contribution >= 0.6 is 0 Å². The zero-order valence-corrected chi connectivity index (χ0v) is 15.4. The number of benzene rings is 3. The second-order valence-electron chi connectivity index (χ2n) is 6.19. The molecule has 0 radical (unpaired) electrons. The Hall–Kier alpha value is -3.42. The minimum absolute atomic E-state index is 0.0305. The summed E-state index contributed by atoms with van der Waals surface area (Å²) in [7, 11) is 0. The number of urea groups is 1. The summed E-state index contributed by atoms with van der Waals surface area (Å²) in [4.78, 5) is 11.8. The number of aryl methyl sites for hydroxylation is 1. The summed E-state index contributed by atoms with van der Waals surface area (Å²) in [6, 6.07) is 18.9. The lowest BCUT2D eigenvalue weighted by Gasteiger charge is -2.21. The van der Waals surface area contributed by atoms with Gasteiger partial charge in [-0.05, 0) is 41.8 Å². The highest BCUT2D eigenvalue weighted by Gasteiger charge is 2.17. The number of halogens is 1. The predicted octanol–water partition coefficient (Wildman–Crippen LogP) is 3.64. The van der Waals surface area contributed by atoms with Gasteiger partial charge in [0.05, 0.1) is 5.69 Å². The average Bonchev–Trinajstić information content (AvgIpc) is 2.73. The van der Waals surface area contributed by atoms with Gasteiger partial charge in [-0.1, -0.05) is 48.5 Å². The molecule has 0 fully saturated rings. The van der Waals surface area contributed by atoms with Crippen LogP contribution in [0.1, 0.15) is 11.1 Å². The highest BCUT2D eigenvalue weighted by molar-refractivity contribution is 5.91. The summed E-state index contributed by atoms with van der Waals surface area (Å²) < 4.78 is 20.0. The summed E-state index contributed by atoms with van der Waals surface area (Å²) in [6.45, 7) is 1.88. The first-order valence-corrected chi connectivity index (χ1v) is 8.63. The smallest absolute Gasteiger partial charge is 0.350 e. The number of carbonyl (C=O) groups excluding carboxylic acids is 1. The summed E-state index contributed by atoms with van der Waals surface area (Å²) >= 11 is 0. The van der Waals surface area contributed by atoms with Crippen molar-refractivity contribution in [1.29, 1.82) is 0 Å². The molecule has 2 amide bonds. The van der Waals surface area contributed by atoms with Crippen molar-refractivity contribution in [3.8, 4) is 16.9 Å². The Bertz CT molecular complexity index is 979. The molecule has 3 aromatic carbocycles. The number of anilines is 1. The molecule has 144 valence electrons. The molecule has 7 heteroatoms. The second kappa shape index (κ2) is 8.51. The van der Waals surface area contributed by atoms with Crippen LogP contribution in [-0.2, 0) is 6.61 Å². The Morgan fingerprint density at radius 2 is 1.82 bits per heavy atom. The number of nitrogens with one attached hydrogen (secondary N) is 1. The Labute approximate surface area is 162 Å². The summed E-state index contributed by atoms with van der Waals surface area (Å²) in [5.41, 5.74) is 5.69. The number of ether oxygens (including phenoxy) is 1. The molecule has 6 nitrogen and oxygen atoms in total. The number of amides is 2. The van der Waals surface area contributed by atoms with Crippen molar-refractivity contribution in [2.45, 2.75) is 13.5 Å². The molecular formula is C21H21FN4O2. The van der Waals surface area contributed by atoms with E-state index < -0.39 is 11.8 Å². The quantitative estimate of drug-likeness (QED) is 0.358. The fourth-order valence-corrected chi connectivity index (χ4v) is 2.85. The Morgan fingerprint density at radius 1 is 1.07 bits per heavy atom. The molecule has 0 aliphatic rings. The highest BCUT2D eigenvalue weighted by Crippen LogP contribution is 2.29. The number of nitrogens with two attached hydrogens (primary N) is 2. The van der Waals surface area contributed by atoms with Crippen molar-refractivity contribution < 1.29 is 13.9 Å². The van der Waals surface area contributed by atoms with Gasteiger partial charge in [-0.2, -0.15) is 0 Å². The maximum Gasteiger partial charge on any atom is 0.350 e. The van der Waals surface area contributed by atoms with E-state index in [2.05, 4.69) is 0 Å². The Balaban J connectivity index is 1.88. The standard InChI is InChI=1S/C21H21FN4O2/c1-14-6-5-9-19(26(24)21(27)25-23)17(14)13-28-20-12-16(10-11-18(20)22)15-7-3-2-4-8-15/h2-12H,13,23-24H2,1H3,(H,25,27). The molecule has 0 spiro atoms. The van der Waals surface area contributed by atoms with Crippen molar-refractivity contribution in [2.24, 2.45) is 11.7 Å². The van der Waals surface area contributed by atoms with Crippen molar-refractivity contribution >= 4 is 11.7 Å². The number of hydrazine groups is 2. The monoisotopic (exact) mass is 380 g/mol. The lowest BCUT2D eigenvalue weighted by molar-refractivity contribution is 0.246. The molecule has 0 aromatic heterocycles. The van der Waals surface area contributed by atoms with E-state index in [1.807, 2.05) is 48.7 Å². The zero-order valence-electron chi connectivity index (χ0n) is 15.4. The number of hydrogen-bond acceptors (Lipinski definition) is 4. The number of rotatable bonds is 5. The van der Waals surface area contributed by atoms with Crippen molar-refractivity contribution in [3.63, 3.8) is 0 Å². The van der Waals surface area contributed by atoms with Crippen LogP contribution in [0.15, 0.2) is 66.7 Å². The molecule has 0 aliphatic heterocycles. The SMILES string of the molecule is Cc1cccc(N(N)C(=O)NN)c1COc1cc(-c2ccccc2)ccc1F. The minimum atomic E-state index is -0.677. The van der Waals surface area contributed by atoms with Crippen LogP contribution in [0, 0.1) is 12.7 Å². The van der Waals surface area contributed by atoms with E-state index in [4.69, 9.17) is 16.4 Å². The third-order valence-electron chi connectivity index (χ3n) is 4.40. The van der Waals surface area contributed by atoms with Gasteiger partial charge in [0.25, 0.3) is 0 Å². The third-order valence-corrected chi connectivity index (χ3v) is 4.40. The van der Waals surface area contributed by atoms with E-state index in [-0.39, 0.29) is 12.4 Å². The topological polar surface area (TPSA) is 93.6 Å². The molecule has 0 saturated heterocycles. The van der Waals surface area contributed by atoms with Gasteiger partial charge in [0, 0.05) is 5.56 Å². The van der Waals surface area contributed by atoms with Crippen LogP contribution in [0.2, 0.25) is 0 Å². The molecule has 0 atom stereocenters. The van der Waals surface area contributed by atoms with Gasteiger partial charge >= 0.3 is 6.03 Å². The first-order valence-electron chi connectivity index (χ1n) is 8.63. The van der Waals surface area contributed by atoms with Gasteiger partial charge in [-0.3, -0.25) is 5.43 Å². The Kier molecular flexibility index (Phi) is 5.88. The summed E-state index contributed by atoms with van der Waals surface area (Å²) in [5.74, 6) is 10.6. The van der Waals surface area contributed by atoms with E-state index in [0.29, 0.717) is 11.3 Å². The van der Waals surface area contributed by atoms with Crippen molar-refractivity contribution in [1.82, 2.24) is 5.43 Å². The van der Waals surface area contributed by atoms with Gasteiger partial charge in [0.2, 0.25) is 0 Å².